The zero-order valence-corrected chi connectivity index (χ0v) is 51.4. The molecule has 0 aromatic carbocycles. The van der Waals surface area contributed by atoms with Crippen LogP contribution in [0.25, 0.3) is 11.1 Å². The molecule has 4 unspecified atom stereocenters. The number of amides is 4. The molecule has 6 aliphatic heterocycles. The quantitative estimate of drug-likeness (QED) is 0.176. The summed E-state index contributed by atoms with van der Waals surface area (Å²) in [5.41, 5.74) is 4.77. The average Bonchev–Trinajstić information content (AvgIpc) is 2.45. The van der Waals surface area contributed by atoms with Gasteiger partial charge in [-0.3, -0.25) is 58.7 Å². The molecule has 4 saturated heterocycles. The largest absolute Gasteiger partial charge is 0.480 e. The van der Waals surface area contributed by atoms with E-state index in [0.29, 0.717) is 134 Å². The van der Waals surface area contributed by atoms with Gasteiger partial charge in [0.25, 0.3) is 0 Å². The number of ether oxygens (including phenoxy) is 2. The number of rotatable bonds is 13. The molecule has 8 bridgehead atoms. The van der Waals surface area contributed by atoms with Crippen molar-refractivity contribution >= 4 is 47.5 Å². The van der Waals surface area contributed by atoms with Crippen LogP contribution in [-0.2, 0) is 100 Å². The van der Waals surface area contributed by atoms with Crippen molar-refractivity contribution < 1.29 is 58.0 Å². The highest BCUT2D eigenvalue weighted by Gasteiger charge is 2.41. The molecular formula is C64H82N12O12. The van der Waals surface area contributed by atoms with E-state index >= 15 is 0 Å². The van der Waals surface area contributed by atoms with Gasteiger partial charge in [-0.05, 0) is 153 Å². The minimum atomic E-state index is -1.06. The molecule has 4 amide bonds. The zero-order valence-electron chi connectivity index (χ0n) is 51.4. The van der Waals surface area contributed by atoms with E-state index in [1.807, 2.05) is 80.3 Å². The Morgan fingerprint density at radius 1 is 0.398 bits per heavy atom. The number of aliphatic carboxylic acids is 2. The highest BCUT2D eigenvalue weighted by molar-refractivity contribution is 5.88. The predicted octanol–water partition coefficient (Wildman–Crippen LogP) is 4.39. The van der Waals surface area contributed by atoms with Gasteiger partial charge in [0, 0.05) is 78.5 Å². The summed E-state index contributed by atoms with van der Waals surface area (Å²) in [6, 6.07) is 15.6. The number of fused-ring (bicyclic) bond motifs is 8. The summed E-state index contributed by atoms with van der Waals surface area (Å²) in [4.78, 5) is 144. The summed E-state index contributed by atoms with van der Waals surface area (Å²) in [5, 5.41) is 20.2. The minimum absolute atomic E-state index is 0.0828. The third kappa shape index (κ3) is 16.1. The lowest BCUT2D eigenvalue weighted by Crippen LogP contribution is -2.47. The first-order valence-corrected chi connectivity index (χ1v) is 30.8. The summed E-state index contributed by atoms with van der Waals surface area (Å²) < 4.78 is 11.6. The highest BCUT2D eigenvalue weighted by atomic mass is 16.6. The fraction of sp³-hybridized carbons (Fsp3) is 0.562. The predicted molar refractivity (Wildman–Crippen MR) is 318 cm³/mol. The van der Waals surface area contributed by atoms with Gasteiger partial charge in [-0.15, -0.1) is 0 Å². The van der Waals surface area contributed by atoms with Crippen molar-refractivity contribution in [1.29, 1.82) is 0 Å². The van der Waals surface area contributed by atoms with E-state index in [-0.39, 0.29) is 102 Å². The monoisotopic (exact) mass is 1210 g/mol. The summed E-state index contributed by atoms with van der Waals surface area (Å²) in [6.45, 7) is 13.1. The molecule has 88 heavy (non-hydrogen) atoms. The van der Waals surface area contributed by atoms with Crippen molar-refractivity contribution in [3.05, 3.63) is 106 Å². The lowest BCUT2D eigenvalue weighted by Gasteiger charge is -2.31. The summed E-state index contributed by atoms with van der Waals surface area (Å²) in [7, 11) is 0. The second kappa shape index (κ2) is 26.9. The van der Waals surface area contributed by atoms with Crippen molar-refractivity contribution in [3.63, 3.8) is 0 Å². The molecule has 0 saturated carbocycles. The minimum Gasteiger partial charge on any atom is -0.480 e. The van der Waals surface area contributed by atoms with Crippen LogP contribution >= 0.6 is 0 Å². The van der Waals surface area contributed by atoms with E-state index < -0.39 is 59.2 Å². The van der Waals surface area contributed by atoms with E-state index in [1.165, 1.54) is 9.80 Å². The van der Waals surface area contributed by atoms with Crippen LogP contribution in [0.1, 0.15) is 138 Å². The Balaban J connectivity index is 1.04. The Morgan fingerprint density at radius 3 is 0.898 bits per heavy atom. The second-order valence-corrected chi connectivity index (χ2v) is 26.2. The number of likely N-dealkylation sites (tertiary alicyclic amines) is 4. The fourth-order valence-electron chi connectivity index (χ4n) is 13.0. The van der Waals surface area contributed by atoms with E-state index in [4.69, 9.17) is 29.4 Å². The number of hydrogen-bond donors (Lipinski definition) is 2. The third-order valence-corrected chi connectivity index (χ3v) is 16.7. The number of hydrogen-bond acceptors (Lipinski definition) is 18. The molecule has 0 radical (unpaired) electrons. The van der Waals surface area contributed by atoms with Crippen LogP contribution < -0.4 is 0 Å². The molecule has 24 nitrogen and oxygen atoms in total. The number of esters is 2. The van der Waals surface area contributed by atoms with Crippen molar-refractivity contribution in [2.45, 2.75) is 181 Å². The molecule has 2 N–H and O–H groups in total. The van der Waals surface area contributed by atoms with Crippen LogP contribution in [0.4, 0.5) is 0 Å². The molecule has 4 aromatic rings. The van der Waals surface area contributed by atoms with Crippen LogP contribution in [0.15, 0.2) is 60.7 Å². The Morgan fingerprint density at radius 2 is 0.636 bits per heavy atom. The molecule has 470 valence electrons. The highest BCUT2D eigenvalue weighted by Crippen LogP contribution is 2.30. The number of carbonyl (C=O) groups is 8. The van der Waals surface area contributed by atoms with Crippen molar-refractivity contribution in [3.8, 4) is 11.1 Å². The molecule has 4 atom stereocenters. The normalized spacial score (nSPS) is 21.7. The molecule has 10 rings (SSSR count). The van der Waals surface area contributed by atoms with Crippen LogP contribution in [0.3, 0.4) is 0 Å². The van der Waals surface area contributed by atoms with Gasteiger partial charge in [-0.2, -0.15) is 0 Å². The zero-order chi connectivity index (χ0) is 62.6. The molecule has 0 aliphatic carbocycles. The maximum Gasteiger partial charge on any atom is 0.329 e. The van der Waals surface area contributed by atoms with Gasteiger partial charge >= 0.3 is 23.9 Å². The van der Waals surface area contributed by atoms with Crippen molar-refractivity contribution in [1.82, 2.24) is 59.1 Å². The molecule has 4 fully saturated rings. The van der Waals surface area contributed by atoms with Crippen LogP contribution in [-0.4, -0.2) is 205 Å². The standard InChI is InChI=1S/C64H82N12O12/c1-63(2,3)87-61(85)53-19-11-23-75(53)57(79)39-71-31-45-15-8-16-46(66-45)32-72(40-58(80)76-24-12-20-54(76)62(86)88-64(4,5)6)36-50-28-42(27-49(35-71)68-50)41-25-47-33-69(37-55(77)73-21-9-17-51(73)59(81)82)29-43-13-7-14-44(65-43)30-70(34-48(26-41)67-47)38-56(78)74-22-10-18-52(74)60(83)84/h7-8,13-16,25-28,51-54H,9-12,17-24,29-40H2,1-6H3,(H,81,82)(H,83,84). The van der Waals surface area contributed by atoms with Crippen molar-refractivity contribution in [2.24, 2.45) is 0 Å². The first-order valence-electron chi connectivity index (χ1n) is 30.8. The van der Waals surface area contributed by atoms with Crippen LogP contribution in [0.5, 0.6) is 0 Å². The van der Waals surface area contributed by atoms with Gasteiger partial charge in [-0.1, -0.05) is 12.1 Å². The molecule has 10 heterocycles. The number of carbonyl (C=O) groups excluding carboxylic acids is 6. The third-order valence-electron chi connectivity index (χ3n) is 16.7. The van der Waals surface area contributed by atoms with Crippen LogP contribution in [0, 0.1) is 0 Å². The van der Waals surface area contributed by atoms with Crippen LogP contribution in [0.2, 0.25) is 0 Å². The maximum absolute atomic E-state index is 14.6. The molecule has 4 aromatic heterocycles. The SMILES string of the molecule is CC(C)(C)OC(=O)C1CCCN1C(=O)CN1Cc2cccc(n2)CN(CC(=O)N2CCCC2C(=O)OC(C)(C)C)Cc2cc(-c3cc4nc(c3)CN(CC(=O)N3CCCC3C(=O)O)Cc3cccc(n3)CN(CC(=O)N3CCCC3C(=O)O)C4)cc(n2)C1. The number of nitrogens with zero attached hydrogens (tertiary/aromatic N) is 12. The van der Waals surface area contributed by atoms with Gasteiger partial charge < -0.3 is 39.3 Å². The molecular weight excluding hydrogens is 1130 g/mol. The number of aromatic nitrogens is 4. The smallest absolute Gasteiger partial charge is 0.329 e. The second-order valence-electron chi connectivity index (χ2n) is 26.2. The number of carboxylic acid groups (broad SMARTS) is 2. The maximum atomic E-state index is 14.6. The average molecular weight is 1210 g/mol. The molecule has 24 heteroatoms. The topological polar surface area (TPSA) is 273 Å². The van der Waals surface area contributed by atoms with E-state index in [9.17, 15) is 48.6 Å². The lowest BCUT2D eigenvalue weighted by molar-refractivity contribution is -0.163. The lowest BCUT2D eigenvalue weighted by atomic mass is 10.0. The summed E-state index contributed by atoms with van der Waals surface area (Å²) in [6.07, 6.45) is 4.07. The Hall–Kier alpha value is -7.80. The first kappa shape index (κ1) is 63.2. The Labute approximate surface area is 513 Å². The van der Waals surface area contributed by atoms with Gasteiger partial charge in [0.15, 0.2) is 0 Å². The fourth-order valence-corrected chi connectivity index (χ4v) is 13.0. The van der Waals surface area contributed by atoms with Crippen molar-refractivity contribution in [2.75, 3.05) is 52.4 Å². The first-order chi connectivity index (χ1) is 41.9. The van der Waals surface area contributed by atoms with Gasteiger partial charge in [0.2, 0.25) is 23.6 Å². The Bertz CT molecular complexity index is 3110. The summed E-state index contributed by atoms with van der Waals surface area (Å²) >= 11 is 0. The van der Waals surface area contributed by atoms with Gasteiger partial charge in [0.1, 0.15) is 35.4 Å². The van der Waals surface area contributed by atoms with E-state index in [1.54, 1.807) is 51.3 Å². The Kier molecular flexibility index (Phi) is 19.3. The molecule has 6 aliphatic rings. The van der Waals surface area contributed by atoms with E-state index in [2.05, 4.69) is 0 Å². The summed E-state index contributed by atoms with van der Waals surface area (Å²) in [5.74, 6) is -4.19. The number of pyridine rings is 4. The van der Waals surface area contributed by atoms with E-state index in [0.717, 1.165) is 0 Å². The number of carboxylic acids is 2. The molecule has 0 spiro atoms. The van der Waals surface area contributed by atoms with Gasteiger partial charge in [-0.25, -0.2) is 19.2 Å². The van der Waals surface area contributed by atoms with Gasteiger partial charge in [0.05, 0.1) is 71.7 Å².